The molecule has 1 nitrogen and oxygen atoms in total. The molecule has 0 bridgehead atoms. The number of nitrogens with one attached hydrogen (secondary N) is 1. The highest BCUT2D eigenvalue weighted by Crippen LogP contribution is 2.42. The van der Waals surface area contributed by atoms with E-state index >= 15 is 105 Å². The molecule has 0 atom stereocenters. The van der Waals surface area contributed by atoms with Crippen LogP contribution >= 0.6 is 0 Å². The lowest BCUT2D eigenvalue weighted by Crippen LogP contribution is -3.13. The first-order chi connectivity index (χ1) is 34.9. The molecule has 30 heteroatoms. The molecular weight excluding hydrogens is 1110 g/mol. The van der Waals surface area contributed by atoms with E-state index in [4.69, 9.17) is 0 Å². The summed E-state index contributed by atoms with van der Waals surface area (Å²) in [6.45, 7) is 6.67. The van der Waals surface area contributed by atoms with Crippen molar-refractivity contribution >= 4 is 71.1 Å². The Hall–Kier alpha value is -7.14. The van der Waals surface area contributed by atoms with E-state index in [1.807, 2.05) is 0 Å². The van der Waals surface area contributed by atoms with Gasteiger partial charge >= 0.3 is 0 Å². The highest BCUT2D eigenvalue weighted by molar-refractivity contribution is 7.23. The summed E-state index contributed by atoms with van der Waals surface area (Å²) in [5, 5.41) is -27.0. The minimum atomic E-state index is -8.05. The maximum atomic E-state index is 17.3. The summed E-state index contributed by atoms with van der Waals surface area (Å²) < 4.78 is 446. The molecule has 0 saturated carbocycles. The normalized spacial score (nSPS) is 12.4. The van der Waals surface area contributed by atoms with Gasteiger partial charge in [-0.15, -0.1) is 21.9 Å². The molecule has 1 N–H and O–H groups in total. The molecule has 0 fully saturated rings. The number of halogens is 28. The summed E-state index contributed by atoms with van der Waals surface area (Å²) in [5.74, 6) is -104. The maximum Gasteiger partial charge on any atom is 0.198 e. The fourth-order valence-corrected chi connectivity index (χ4v) is 8.59. The van der Waals surface area contributed by atoms with Crippen LogP contribution in [0, 0.1) is 163 Å². The summed E-state index contributed by atoms with van der Waals surface area (Å²) in [4.78, 5) is 1.49. The number of fused-ring (bicyclic) bond motifs is 4. The Bertz CT molecular complexity index is 3420. The molecule has 0 heterocycles. The Balaban J connectivity index is 0.00000112. The average molecular weight is 1130 g/mol. The molecule has 0 amide bonds. The van der Waals surface area contributed by atoms with E-state index in [0.29, 0.717) is 5.54 Å². The van der Waals surface area contributed by atoms with Crippen molar-refractivity contribution in [2.24, 2.45) is 0 Å². The van der Waals surface area contributed by atoms with Gasteiger partial charge in [-0.3, -0.25) is 0 Å². The third kappa shape index (κ3) is 7.33. The smallest absolute Gasteiger partial charge is 0.198 e. The Morgan fingerprint density at radius 1 is 0.197 bits per heavy atom. The summed E-state index contributed by atoms with van der Waals surface area (Å²) in [7, 11) is 4.33. The van der Waals surface area contributed by atoms with Gasteiger partial charge in [0.1, 0.15) is 29.4 Å². The largest absolute Gasteiger partial charge is 0.336 e. The Labute approximate surface area is 402 Å². The van der Waals surface area contributed by atoms with Crippen LogP contribution < -0.4 is 26.8 Å². The molecule has 0 aliphatic carbocycles. The molecule has 0 radical (unpaired) electrons. The third-order valence-electron chi connectivity index (χ3n) is 12.7. The van der Waals surface area contributed by atoms with Crippen molar-refractivity contribution in [2.45, 2.75) is 26.3 Å². The minimum Gasteiger partial charge on any atom is -0.336 e. The van der Waals surface area contributed by atoms with E-state index in [-0.39, 0.29) is 0 Å². The monoisotopic (exact) mass is 1130 g/mol. The topological polar surface area (TPSA) is 4.44 Å². The molecule has 0 saturated heterocycles. The predicted molar refractivity (Wildman–Crippen MR) is 211 cm³/mol. The van der Waals surface area contributed by atoms with Crippen molar-refractivity contribution in [1.29, 1.82) is 0 Å². The number of rotatable bonds is 4. The highest BCUT2D eigenvalue weighted by atomic mass is 19.2. The van der Waals surface area contributed by atoms with Crippen molar-refractivity contribution in [2.75, 3.05) is 14.1 Å². The summed E-state index contributed by atoms with van der Waals surface area (Å²) in [6, 6.07) is 0. The van der Waals surface area contributed by atoms with E-state index in [1.54, 1.807) is 0 Å². The standard InChI is InChI=1S/C40BF28.C6H15N/c42-13-1-5(21(50)37(66)33(13)62)17(46)29(58)25(54)9(1)41(10-2-6(18(47)30(59)26(10)55)22(51)38(67)34(63)14(2)43,11-3-7(19(48)31(60)27(11)56)23(52)39(68)35(64)15(3)44)12-4-8(20(49)32(61)28(12)57)24(53)40(69)36(65)16(4)45;1-6(2,3)7(4)5/h;1-5H3/q-1;/p+1. The Morgan fingerprint density at radius 3 is 0.421 bits per heavy atom. The SMILES string of the molecule is C[NH+](C)C(C)(C)C.Fc1c(F)c(F)c2c([B-](c3c(F)c(F)c(F)c4c(F)c(F)c(F)c(F)c34)(c3c(F)c(F)c(F)c4c(F)c(F)c(F)c(F)c34)c3c(F)c(F)c(F)c4c(F)c(F)c(F)c(F)c34)c(F)c(F)c(F)c2c1F. The third-order valence-corrected chi connectivity index (χ3v) is 12.7. The molecule has 0 aliphatic rings. The van der Waals surface area contributed by atoms with Gasteiger partial charge in [-0.2, -0.15) is 0 Å². The van der Waals surface area contributed by atoms with Gasteiger partial charge < -0.3 is 4.90 Å². The number of hydrogen-bond donors (Lipinski definition) is 1. The molecule has 76 heavy (non-hydrogen) atoms. The van der Waals surface area contributed by atoms with Crippen LogP contribution in [0.25, 0.3) is 43.1 Å². The second kappa shape index (κ2) is 18.6. The van der Waals surface area contributed by atoms with Crippen LogP contribution in [0.3, 0.4) is 0 Å². The summed E-state index contributed by atoms with van der Waals surface area (Å²) in [6.07, 6.45) is -8.05. The lowest BCUT2D eigenvalue weighted by molar-refractivity contribution is -0.908. The number of benzene rings is 8. The van der Waals surface area contributed by atoms with Crippen molar-refractivity contribution in [3.05, 3.63) is 163 Å². The molecule has 404 valence electrons. The second-order valence-electron chi connectivity index (χ2n) is 17.6. The van der Waals surface area contributed by atoms with Crippen LogP contribution in [0.4, 0.5) is 123 Å². The summed E-state index contributed by atoms with van der Waals surface area (Å²) >= 11 is 0. The van der Waals surface area contributed by atoms with Crippen LogP contribution in [0.1, 0.15) is 20.8 Å². The van der Waals surface area contributed by atoms with E-state index in [2.05, 4.69) is 34.9 Å². The molecule has 0 aromatic heterocycles. The zero-order valence-electron chi connectivity index (χ0n) is 37.2. The van der Waals surface area contributed by atoms with E-state index in [1.165, 1.54) is 4.90 Å². The van der Waals surface area contributed by atoms with Gasteiger partial charge in [0.2, 0.25) is 0 Å². The zero-order valence-corrected chi connectivity index (χ0v) is 37.2. The van der Waals surface area contributed by atoms with Crippen LogP contribution in [0.15, 0.2) is 0 Å². The van der Waals surface area contributed by atoms with Gasteiger partial charge in [0.05, 0.1) is 41.2 Å². The van der Waals surface area contributed by atoms with Gasteiger partial charge in [-0.1, -0.05) is 0 Å². The van der Waals surface area contributed by atoms with Gasteiger partial charge in [0.15, 0.2) is 140 Å². The van der Waals surface area contributed by atoms with E-state index in [9.17, 15) is 17.6 Å². The minimum absolute atomic E-state index is 0.417. The first-order valence-corrected chi connectivity index (χ1v) is 20.2. The van der Waals surface area contributed by atoms with E-state index in [0.717, 1.165) is 0 Å². The first-order valence-electron chi connectivity index (χ1n) is 20.2. The number of hydrogen-bond acceptors (Lipinski definition) is 0. The summed E-state index contributed by atoms with van der Waals surface area (Å²) in [5.41, 5.74) is -15.1. The first kappa shape index (κ1) is 56.6. The molecule has 0 unspecified atom stereocenters. The lowest BCUT2D eigenvalue weighted by atomic mass is 9.11. The number of quaternary nitrogens is 1. The quantitative estimate of drug-likeness (QED) is 0.0775. The van der Waals surface area contributed by atoms with Crippen molar-refractivity contribution < 1.29 is 128 Å². The van der Waals surface area contributed by atoms with E-state index < -0.39 is 234 Å². The fourth-order valence-electron chi connectivity index (χ4n) is 8.59. The van der Waals surface area contributed by atoms with Gasteiger partial charge in [-0.25, -0.2) is 123 Å². The maximum absolute atomic E-state index is 17.3. The fraction of sp³-hybridized carbons (Fsp3) is 0.130. The van der Waals surface area contributed by atoms with Crippen molar-refractivity contribution in [3.8, 4) is 0 Å². The molecule has 8 rings (SSSR count). The Kier molecular flexibility index (Phi) is 13.8. The van der Waals surface area contributed by atoms with Gasteiger partial charge in [0, 0.05) is 0 Å². The zero-order chi connectivity index (χ0) is 57.7. The highest BCUT2D eigenvalue weighted by Gasteiger charge is 2.52. The van der Waals surface area contributed by atoms with Crippen LogP contribution in [-0.2, 0) is 0 Å². The second-order valence-corrected chi connectivity index (χ2v) is 17.6. The van der Waals surface area contributed by atoms with Crippen molar-refractivity contribution in [3.63, 3.8) is 0 Å². The van der Waals surface area contributed by atoms with Crippen LogP contribution in [0.2, 0.25) is 0 Å². The van der Waals surface area contributed by atoms with Gasteiger partial charge in [0.25, 0.3) is 0 Å². The molecule has 8 aromatic carbocycles. The molecule has 8 aromatic rings. The lowest BCUT2D eigenvalue weighted by Gasteiger charge is -2.47. The van der Waals surface area contributed by atoms with Gasteiger partial charge in [-0.05, 0) is 42.3 Å². The molecule has 0 aliphatic heterocycles. The Morgan fingerprint density at radius 2 is 0.303 bits per heavy atom. The molecular formula is C46H16BF28N. The van der Waals surface area contributed by atoms with Crippen LogP contribution in [-0.4, -0.2) is 25.8 Å². The predicted octanol–water partition coefficient (Wildman–Crippen LogP) is 11.5. The average Bonchev–Trinajstić information content (AvgIpc) is 3.37. The molecule has 0 spiro atoms. The van der Waals surface area contributed by atoms with Crippen molar-refractivity contribution in [1.82, 2.24) is 0 Å². The van der Waals surface area contributed by atoms with Crippen LogP contribution in [0.5, 0.6) is 0 Å².